The fraction of sp³-hybridized carbons (Fsp3) is 0.400. The van der Waals surface area contributed by atoms with Crippen LogP contribution in [0.2, 0.25) is 0 Å². The molecule has 2 heteroatoms. The van der Waals surface area contributed by atoms with E-state index < -0.39 is 0 Å². The standard InChI is InChI=1S/C15H21NO/c1-12(2)10-11-15(3,4)14(16-17)13-8-6-5-7-9-13/h5-10,17H,11H2,1-4H3/b16-14+. The third-order valence-electron chi connectivity index (χ3n) is 2.81. The molecule has 0 aliphatic rings. The van der Waals surface area contributed by atoms with Crippen LogP contribution in [0.1, 0.15) is 39.7 Å². The molecular weight excluding hydrogens is 210 g/mol. The van der Waals surface area contributed by atoms with Crippen molar-refractivity contribution in [1.82, 2.24) is 0 Å². The minimum absolute atomic E-state index is 0.173. The summed E-state index contributed by atoms with van der Waals surface area (Å²) in [4.78, 5) is 0. The first kappa shape index (κ1) is 13.5. The van der Waals surface area contributed by atoms with Crippen LogP contribution in [0.15, 0.2) is 47.1 Å². The minimum Gasteiger partial charge on any atom is -0.411 e. The predicted molar refractivity (Wildman–Crippen MR) is 72.6 cm³/mol. The van der Waals surface area contributed by atoms with Crippen LogP contribution in [0.3, 0.4) is 0 Å². The molecule has 0 bridgehead atoms. The molecule has 2 nitrogen and oxygen atoms in total. The second-order valence-electron chi connectivity index (χ2n) is 5.18. The fourth-order valence-electron chi connectivity index (χ4n) is 1.74. The van der Waals surface area contributed by atoms with Crippen molar-refractivity contribution in [2.45, 2.75) is 34.1 Å². The highest BCUT2D eigenvalue weighted by atomic mass is 16.4. The van der Waals surface area contributed by atoms with Gasteiger partial charge in [0.1, 0.15) is 0 Å². The number of benzene rings is 1. The summed E-state index contributed by atoms with van der Waals surface area (Å²) in [5.41, 5.74) is 2.81. The molecule has 1 aromatic rings. The topological polar surface area (TPSA) is 32.6 Å². The molecule has 17 heavy (non-hydrogen) atoms. The van der Waals surface area contributed by atoms with Crippen LogP contribution in [0, 0.1) is 5.41 Å². The summed E-state index contributed by atoms with van der Waals surface area (Å²) >= 11 is 0. The Morgan fingerprint density at radius 2 is 1.82 bits per heavy atom. The molecular formula is C15H21NO. The Bertz CT molecular complexity index is 412. The Balaban J connectivity index is 2.99. The smallest absolute Gasteiger partial charge is 0.0926 e. The van der Waals surface area contributed by atoms with Gasteiger partial charge in [-0.05, 0) is 25.8 Å². The molecule has 0 fully saturated rings. The highest BCUT2D eigenvalue weighted by Crippen LogP contribution is 2.27. The van der Waals surface area contributed by atoms with Crippen molar-refractivity contribution in [3.63, 3.8) is 0 Å². The van der Waals surface area contributed by atoms with Crippen LogP contribution in [0.4, 0.5) is 0 Å². The SMILES string of the molecule is CC(C)=CCC(C)(C)/C(=N/O)c1ccccc1. The molecule has 0 spiro atoms. The molecule has 1 aromatic carbocycles. The lowest BCUT2D eigenvalue weighted by Crippen LogP contribution is -2.24. The van der Waals surface area contributed by atoms with Gasteiger partial charge in [-0.15, -0.1) is 0 Å². The maximum atomic E-state index is 9.25. The highest BCUT2D eigenvalue weighted by Gasteiger charge is 2.25. The zero-order valence-electron chi connectivity index (χ0n) is 11.1. The predicted octanol–water partition coefficient (Wildman–Crippen LogP) is 4.25. The van der Waals surface area contributed by atoms with E-state index in [1.165, 1.54) is 5.57 Å². The van der Waals surface area contributed by atoms with E-state index in [0.29, 0.717) is 0 Å². The molecule has 1 rings (SSSR count). The molecule has 0 amide bonds. The molecule has 0 aliphatic carbocycles. The number of allylic oxidation sites excluding steroid dienone is 2. The highest BCUT2D eigenvalue weighted by molar-refractivity contribution is 6.04. The summed E-state index contributed by atoms with van der Waals surface area (Å²) in [5.74, 6) is 0. The Kier molecular flexibility index (Phi) is 4.50. The van der Waals surface area contributed by atoms with Gasteiger partial charge < -0.3 is 5.21 Å². The number of hydrogen-bond acceptors (Lipinski definition) is 2. The van der Waals surface area contributed by atoms with Gasteiger partial charge in [-0.25, -0.2) is 0 Å². The average Bonchev–Trinajstić information content (AvgIpc) is 2.29. The maximum absolute atomic E-state index is 9.25. The van der Waals surface area contributed by atoms with Crippen molar-refractivity contribution in [1.29, 1.82) is 0 Å². The molecule has 0 heterocycles. The molecule has 1 N–H and O–H groups in total. The average molecular weight is 231 g/mol. The van der Waals surface area contributed by atoms with Gasteiger partial charge in [-0.2, -0.15) is 0 Å². The fourth-order valence-corrected chi connectivity index (χ4v) is 1.74. The Morgan fingerprint density at radius 3 is 2.29 bits per heavy atom. The summed E-state index contributed by atoms with van der Waals surface area (Å²) < 4.78 is 0. The first-order chi connectivity index (χ1) is 7.97. The molecule has 0 unspecified atom stereocenters. The second kappa shape index (κ2) is 5.67. The Morgan fingerprint density at radius 1 is 1.24 bits per heavy atom. The molecule has 0 atom stereocenters. The lowest BCUT2D eigenvalue weighted by molar-refractivity contribution is 0.309. The van der Waals surface area contributed by atoms with Crippen molar-refractivity contribution in [3.05, 3.63) is 47.5 Å². The van der Waals surface area contributed by atoms with E-state index in [9.17, 15) is 5.21 Å². The van der Waals surface area contributed by atoms with E-state index in [-0.39, 0.29) is 5.41 Å². The van der Waals surface area contributed by atoms with Crippen molar-refractivity contribution in [2.75, 3.05) is 0 Å². The number of hydrogen-bond donors (Lipinski definition) is 1. The van der Waals surface area contributed by atoms with E-state index in [2.05, 4.69) is 38.9 Å². The quantitative estimate of drug-likeness (QED) is 0.357. The number of nitrogens with zero attached hydrogens (tertiary/aromatic N) is 1. The monoisotopic (exact) mass is 231 g/mol. The van der Waals surface area contributed by atoms with E-state index >= 15 is 0 Å². The van der Waals surface area contributed by atoms with Gasteiger partial charge in [0.05, 0.1) is 5.71 Å². The zero-order valence-corrected chi connectivity index (χ0v) is 11.1. The Hall–Kier alpha value is -1.57. The van der Waals surface area contributed by atoms with E-state index in [1.807, 2.05) is 30.3 Å². The summed E-state index contributed by atoms with van der Waals surface area (Å²) in [7, 11) is 0. The van der Waals surface area contributed by atoms with E-state index in [0.717, 1.165) is 17.7 Å². The lowest BCUT2D eigenvalue weighted by Gasteiger charge is -2.24. The zero-order chi connectivity index (χ0) is 12.9. The molecule has 0 radical (unpaired) electrons. The van der Waals surface area contributed by atoms with Crippen LogP contribution in [0.5, 0.6) is 0 Å². The summed E-state index contributed by atoms with van der Waals surface area (Å²) in [6, 6.07) is 9.81. The Labute approximate surface area is 104 Å². The van der Waals surface area contributed by atoms with E-state index in [1.54, 1.807) is 0 Å². The van der Waals surface area contributed by atoms with Crippen LogP contribution in [-0.4, -0.2) is 10.9 Å². The van der Waals surface area contributed by atoms with Crippen LogP contribution in [0.25, 0.3) is 0 Å². The van der Waals surface area contributed by atoms with Crippen molar-refractivity contribution < 1.29 is 5.21 Å². The van der Waals surface area contributed by atoms with Gasteiger partial charge in [0.2, 0.25) is 0 Å². The van der Waals surface area contributed by atoms with Gasteiger partial charge >= 0.3 is 0 Å². The first-order valence-corrected chi connectivity index (χ1v) is 5.88. The van der Waals surface area contributed by atoms with Crippen LogP contribution < -0.4 is 0 Å². The minimum atomic E-state index is -0.173. The summed E-state index contributed by atoms with van der Waals surface area (Å²) in [6.07, 6.45) is 3.04. The van der Waals surface area contributed by atoms with Gasteiger partial charge in [0.25, 0.3) is 0 Å². The van der Waals surface area contributed by atoms with Gasteiger partial charge in [-0.1, -0.05) is 61.0 Å². The number of rotatable bonds is 4. The van der Waals surface area contributed by atoms with Gasteiger partial charge in [-0.3, -0.25) is 0 Å². The van der Waals surface area contributed by atoms with E-state index in [4.69, 9.17) is 0 Å². The molecule has 92 valence electrons. The molecule has 0 aliphatic heterocycles. The lowest BCUT2D eigenvalue weighted by atomic mass is 9.80. The van der Waals surface area contributed by atoms with Crippen molar-refractivity contribution >= 4 is 5.71 Å². The van der Waals surface area contributed by atoms with Crippen LogP contribution >= 0.6 is 0 Å². The van der Waals surface area contributed by atoms with Gasteiger partial charge in [0, 0.05) is 5.41 Å². The largest absolute Gasteiger partial charge is 0.411 e. The second-order valence-corrected chi connectivity index (χ2v) is 5.18. The van der Waals surface area contributed by atoms with Gasteiger partial charge in [0.15, 0.2) is 0 Å². The molecule has 0 saturated carbocycles. The normalized spacial score (nSPS) is 12.4. The molecule has 0 saturated heterocycles. The summed E-state index contributed by atoms with van der Waals surface area (Å²) in [6.45, 7) is 8.34. The third kappa shape index (κ3) is 3.74. The third-order valence-corrected chi connectivity index (χ3v) is 2.81. The maximum Gasteiger partial charge on any atom is 0.0926 e. The first-order valence-electron chi connectivity index (χ1n) is 5.88. The van der Waals surface area contributed by atoms with Crippen LogP contribution in [-0.2, 0) is 0 Å². The molecule has 0 aromatic heterocycles. The van der Waals surface area contributed by atoms with Crippen molar-refractivity contribution in [2.24, 2.45) is 10.6 Å². The number of oxime groups is 1. The van der Waals surface area contributed by atoms with Crippen molar-refractivity contribution in [3.8, 4) is 0 Å². The summed E-state index contributed by atoms with van der Waals surface area (Å²) in [5, 5.41) is 12.7.